The van der Waals surface area contributed by atoms with Gasteiger partial charge in [-0.05, 0) is 53.7 Å². The van der Waals surface area contributed by atoms with Crippen molar-refractivity contribution in [3.05, 3.63) is 70.0 Å². The maximum atomic E-state index is 12.7. The number of hydrogen-bond donors (Lipinski definition) is 0. The molecule has 1 aliphatic rings. The van der Waals surface area contributed by atoms with Crippen molar-refractivity contribution in [2.24, 2.45) is 0 Å². The van der Waals surface area contributed by atoms with Crippen LogP contribution in [0.4, 0.5) is 0 Å². The summed E-state index contributed by atoms with van der Waals surface area (Å²) in [4.78, 5) is 16.8. The lowest BCUT2D eigenvalue weighted by molar-refractivity contribution is 0.0624. The molecule has 2 aromatic carbocycles. The molecule has 0 N–H and O–H groups in total. The molecule has 4 rings (SSSR count). The number of halogens is 1. The van der Waals surface area contributed by atoms with E-state index in [0.717, 1.165) is 34.6 Å². The Bertz CT molecular complexity index is 946. The minimum atomic E-state index is 0.0802. The third-order valence-electron chi connectivity index (χ3n) is 4.93. The number of nitrogens with zero attached hydrogens (tertiary/aromatic N) is 6. The highest BCUT2D eigenvalue weighted by atomic mass is 79.9. The van der Waals surface area contributed by atoms with E-state index < -0.39 is 0 Å². The van der Waals surface area contributed by atoms with Crippen LogP contribution in [0.2, 0.25) is 0 Å². The molecule has 1 amide bonds. The molecular formula is C20H21BrN6O. The Kier molecular flexibility index (Phi) is 5.50. The molecule has 0 spiro atoms. The lowest BCUT2D eigenvalue weighted by atomic mass is 10.2. The van der Waals surface area contributed by atoms with Gasteiger partial charge >= 0.3 is 0 Å². The molecule has 1 aliphatic heterocycles. The molecule has 28 heavy (non-hydrogen) atoms. The van der Waals surface area contributed by atoms with E-state index in [2.05, 4.69) is 43.3 Å². The number of piperazine rings is 1. The average Bonchev–Trinajstić information content (AvgIpc) is 3.17. The maximum Gasteiger partial charge on any atom is 0.253 e. The topological polar surface area (TPSA) is 67.2 Å². The van der Waals surface area contributed by atoms with Gasteiger partial charge in [0.1, 0.15) is 0 Å². The van der Waals surface area contributed by atoms with Gasteiger partial charge in [0.2, 0.25) is 0 Å². The molecule has 1 fully saturated rings. The van der Waals surface area contributed by atoms with Crippen LogP contribution in [0.25, 0.3) is 5.69 Å². The Morgan fingerprint density at radius 3 is 2.36 bits per heavy atom. The van der Waals surface area contributed by atoms with E-state index in [4.69, 9.17) is 0 Å². The fraction of sp³-hybridized carbons (Fsp3) is 0.300. The smallest absolute Gasteiger partial charge is 0.253 e. The van der Waals surface area contributed by atoms with Crippen LogP contribution < -0.4 is 0 Å². The molecule has 0 radical (unpaired) electrons. The highest BCUT2D eigenvalue weighted by Crippen LogP contribution is 2.15. The van der Waals surface area contributed by atoms with E-state index in [1.165, 1.54) is 5.56 Å². The van der Waals surface area contributed by atoms with E-state index in [9.17, 15) is 4.79 Å². The largest absolute Gasteiger partial charge is 0.336 e. The maximum absolute atomic E-state index is 12.7. The van der Waals surface area contributed by atoms with Crippen LogP contribution in [0, 0.1) is 6.92 Å². The number of aromatic nitrogens is 4. The molecule has 0 aliphatic carbocycles. The first-order valence-electron chi connectivity index (χ1n) is 9.21. The van der Waals surface area contributed by atoms with Crippen molar-refractivity contribution in [3.63, 3.8) is 0 Å². The summed E-state index contributed by atoms with van der Waals surface area (Å²) in [7, 11) is 0. The summed E-state index contributed by atoms with van der Waals surface area (Å²) in [6, 6.07) is 15.6. The zero-order chi connectivity index (χ0) is 19.5. The SMILES string of the molecule is Cc1ccc(-n2nnnc2CN2CCN(C(=O)c3ccc(Br)cc3)CC2)cc1. The summed E-state index contributed by atoms with van der Waals surface area (Å²) in [6.07, 6.45) is 0. The Morgan fingerprint density at radius 2 is 1.68 bits per heavy atom. The summed E-state index contributed by atoms with van der Waals surface area (Å²) in [5, 5.41) is 12.2. The van der Waals surface area contributed by atoms with Gasteiger partial charge in [0.15, 0.2) is 5.82 Å². The number of amides is 1. The molecule has 8 heteroatoms. The third-order valence-corrected chi connectivity index (χ3v) is 5.46. The standard InChI is InChI=1S/C20H21BrN6O/c1-15-2-8-18(9-3-15)27-19(22-23-24-27)14-25-10-12-26(13-11-25)20(28)16-4-6-17(21)7-5-16/h2-9H,10-14H2,1H3. The van der Waals surface area contributed by atoms with Crippen LogP contribution in [0.1, 0.15) is 21.7 Å². The van der Waals surface area contributed by atoms with E-state index in [1.54, 1.807) is 4.68 Å². The van der Waals surface area contributed by atoms with Gasteiger partial charge in [0, 0.05) is 36.2 Å². The van der Waals surface area contributed by atoms with Crippen molar-refractivity contribution in [2.75, 3.05) is 26.2 Å². The quantitative estimate of drug-likeness (QED) is 0.623. The number of rotatable bonds is 4. The molecule has 1 aromatic heterocycles. The first-order chi connectivity index (χ1) is 13.6. The van der Waals surface area contributed by atoms with E-state index >= 15 is 0 Å². The normalized spacial score (nSPS) is 15.0. The molecule has 0 bridgehead atoms. The average molecular weight is 441 g/mol. The summed E-state index contributed by atoms with van der Waals surface area (Å²) >= 11 is 3.40. The zero-order valence-corrected chi connectivity index (χ0v) is 17.2. The van der Waals surface area contributed by atoms with Crippen molar-refractivity contribution >= 4 is 21.8 Å². The van der Waals surface area contributed by atoms with Crippen LogP contribution in [0.3, 0.4) is 0 Å². The number of hydrogen-bond acceptors (Lipinski definition) is 5. The number of tetrazole rings is 1. The Labute approximate surface area is 172 Å². The number of benzene rings is 2. The molecule has 0 unspecified atom stereocenters. The van der Waals surface area contributed by atoms with Crippen molar-refractivity contribution < 1.29 is 4.79 Å². The van der Waals surface area contributed by atoms with Gasteiger partial charge in [-0.25, -0.2) is 0 Å². The minimum absolute atomic E-state index is 0.0802. The van der Waals surface area contributed by atoms with Gasteiger partial charge in [-0.1, -0.05) is 33.6 Å². The van der Waals surface area contributed by atoms with Gasteiger partial charge in [0.05, 0.1) is 12.2 Å². The predicted molar refractivity (Wildman–Crippen MR) is 109 cm³/mol. The third kappa shape index (κ3) is 4.13. The van der Waals surface area contributed by atoms with Crippen molar-refractivity contribution in [1.82, 2.24) is 30.0 Å². The first kappa shape index (κ1) is 18.8. The van der Waals surface area contributed by atoms with Gasteiger partial charge in [-0.2, -0.15) is 4.68 Å². The van der Waals surface area contributed by atoms with Crippen LogP contribution in [0.15, 0.2) is 53.0 Å². The zero-order valence-electron chi connectivity index (χ0n) is 15.6. The molecule has 3 aromatic rings. The number of carbonyl (C=O) groups excluding carboxylic acids is 1. The number of carbonyl (C=O) groups is 1. The lowest BCUT2D eigenvalue weighted by Gasteiger charge is -2.34. The second-order valence-corrected chi connectivity index (χ2v) is 7.83. The second-order valence-electron chi connectivity index (χ2n) is 6.92. The van der Waals surface area contributed by atoms with Gasteiger partial charge in [0.25, 0.3) is 5.91 Å². The van der Waals surface area contributed by atoms with Crippen molar-refractivity contribution in [2.45, 2.75) is 13.5 Å². The summed E-state index contributed by atoms with van der Waals surface area (Å²) < 4.78 is 2.75. The van der Waals surface area contributed by atoms with Crippen molar-refractivity contribution in [3.8, 4) is 5.69 Å². The molecule has 0 atom stereocenters. The van der Waals surface area contributed by atoms with Gasteiger partial charge in [-0.15, -0.1) is 5.10 Å². The lowest BCUT2D eigenvalue weighted by Crippen LogP contribution is -2.48. The fourth-order valence-corrected chi connectivity index (χ4v) is 3.54. The van der Waals surface area contributed by atoms with E-state index in [-0.39, 0.29) is 5.91 Å². The number of aryl methyl sites for hydroxylation is 1. The highest BCUT2D eigenvalue weighted by Gasteiger charge is 2.23. The van der Waals surface area contributed by atoms with Crippen LogP contribution >= 0.6 is 15.9 Å². The van der Waals surface area contributed by atoms with Gasteiger partial charge in [-0.3, -0.25) is 9.69 Å². The molecule has 2 heterocycles. The first-order valence-corrected chi connectivity index (χ1v) is 10.0. The Balaban J connectivity index is 1.38. The molecule has 7 nitrogen and oxygen atoms in total. The van der Waals surface area contributed by atoms with E-state index in [0.29, 0.717) is 19.6 Å². The van der Waals surface area contributed by atoms with Crippen LogP contribution in [-0.2, 0) is 6.54 Å². The van der Waals surface area contributed by atoms with E-state index in [1.807, 2.05) is 53.4 Å². The summed E-state index contributed by atoms with van der Waals surface area (Å²) in [6.45, 7) is 5.69. The van der Waals surface area contributed by atoms with Crippen LogP contribution in [0.5, 0.6) is 0 Å². The molecule has 0 saturated carbocycles. The molecule has 144 valence electrons. The molecular weight excluding hydrogens is 420 g/mol. The Morgan fingerprint density at radius 1 is 1.00 bits per heavy atom. The highest BCUT2D eigenvalue weighted by molar-refractivity contribution is 9.10. The second kappa shape index (κ2) is 8.20. The monoisotopic (exact) mass is 440 g/mol. The van der Waals surface area contributed by atoms with Gasteiger partial charge < -0.3 is 4.90 Å². The van der Waals surface area contributed by atoms with Crippen LogP contribution in [-0.4, -0.2) is 62.1 Å². The predicted octanol–water partition coefficient (Wildman–Crippen LogP) is 2.69. The Hall–Kier alpha value is -2.58. The molecule has 1 saturated heterocycles. The summed E-state index contributed by atoms with van der Waals surface area (Å²) in [5.41, 5.74) is 2.87. The fourth-order valence-electron chi connectivity index (χ4n) is 3.27. The van der Waals surface area contributed by atoms with Crippen molar-refractivity contribution in [1.29, 1.82) is 0 Å². The summed E-state index contributed by atoms with van der Waals surface area (Å²) in [5.74, 6) is 0.883. The minimum Gasteiger partial charge on any atom is -0.336 e.